The van der Waals surface area contributed by atoms with E-state index in [1.807, 2.05) is 24.3 Å². The van der Waals surface area contributed by atoms with E-state index in [9.17, 15) is 14.0 Å². The van der Waals surface area contributed by atoms with Crippen LogP contribution < -0.4 is 14.2 Å². The summed E-state index contributed by atoms with van der Waals surface area (Å²) in [6.07, 6.45) is 1.53. The lowest BCUT2D eigenvalue weighted by Crippen LogP contribution is -2.15. The zero-order chi connectivity index (χ0) is 19.4. The number of pyridine rings is 1. The van der Waals surface area contributed by atoms with Crippen molar-refractivity contribution in [1.29, 1.82) is 5.26 Å². The summed E-state index contributed by atoms with van der Waals surface area (Å²) in [7, 11) is 3.10. The Hall–Kier alpha value is -2.99. The van der Waals surface area contributed by atoms with Gasteiger partial charge in [-0.1, -0.05) is 24.3 Å². The first-order valence-corrected chi connectivity index (χ1v) is 9.01. The smallest absolute Gasteiger partial charge is 0.162 e. The minimum absolute atomic E-state index is 0.198. The van der Waals surface area contributed by atoms with Crippen molar-refractivity contribution in [3.63, 3.8) is 0 Å². The fourth-order valence-electron chi connectivity index (χ4n) is 2.85. The summed E-state index contributed by atoms with van der Waals surface area (Å²) in [5.74, 6) is 1.10. The number of nitrogens with zero attached hydrogens (tertiary/aromatic N) is 2. The van der Waals surface area contributed by atoms with Crippen molar-refractivity contribution in [3.8, 4) is 28.7 Å². The number of ether oxygens (including phenoxy) is 2. The van der Waals surface area contributed by atoms with E-state index in [-0.39, 0.29) is 6.54 Å². The van der Waals surface area contributed by atoms with Gasteiger partial charge in [0.05, 0.1) is 25.3 Å². The van der Waals surface area contributed by atoms with Gasteiger partial charge in [0.25, 0.3) is 0 Å². The average molecular weight is 382 g/mol. The lowest BCUT2D eigenvalue weighted by atomic mass is 9.96. The minimum Gasteiger partial charge on any atom is -0.760 e. The summed E-state index contributed by atoms with van der Waals surface area (Å²) in [5.41, 5.74) is 3.46. The van der Waals surface area contributed by atoms with Gasteiger partial charge in [-0.25, -0.2) is 4.72 Å². The van der Waals surface area contributed by atoms with Gasteiger partial charge < -0.3 is 14.0 Å². The highest BCUT2D eigenvalue weighted by Gasteiger charge is 2.15. The number of hydrogen-bond acceptors (Lipinski definition) is 6. The summed E-state index contributed by atoms with van der Waals surface area (Å²) in [6, 6.07) is 13.0. The van der Waals surface area contributed by atoms with Crippen LogP contribution in [0.3, 0.4) is 0 Å². The van der Waals surface area contributed by atoms with Gasteiger partial charge in [-0.2, -0.15) is 5.26 Å². The highest BCUT2D eigenvalue weighted by Crippen LogP contribution is 2.37. The molecular formula is C19H16N3O4S-. The fourth-order valence-corrected chi connectivity index (χ4v) is 3.13. The second-order valence-corrected chi connectivity index (χ2v) is 6.39. The number of hydrogen-bond donors (Lipinski definition) is 1. The van der Waals surface area contributed by atoms with Gasteiger partial charge in [0.15, 0.2) is 11.5 Å². The first-order chi connectivity index (χ1) is 13.1. The number of aromatic nitrogens is 1. The van der Waals surface area contributed by atoms with Crippen LogP contribution >= 0.6 is 0 Å². The van der Waals surface area contributed by atoms with Crippen LogP contribution in [0.25, 0.3) is 22.0 Å². The molecule has 0 spiro atoms. The number of benzene rings is 2. The zero-order valence-corrected chi connectivity index (χ0v) is 15.5. The third-order valence-electron chi connectivity index (χ3n) is 4.13. The summed E-state index contributed by atoms with van der Waals surface area (Å²) in [5, 5.41) is 10.3. The van der Waals surface area contributed by atoms with Crippen LogP contribution in [0.15, 0.2) is 42.6 Å². The summed E-state index contributed by atoms with van der Waals surface area (Å²) < 4.78 is 34.3. The molecule has 1 aromatic heterocycles. The Kier molecular flexibility index (Phi) is 5.66. The molecule has 0 radical (unpaired) electrons. The van der Waals surface area contributed by atoms with Gasteiger partial charge in [0, 0.05) is 41.0 Å². The normalized spacial score (nSPS) is 11.8. The Morgan fingerprint density at radius 1 is 1.19 bits per heavy atom. The van der Waals surface area contributed by atoms with E-state index in [2.05, 4.69) is 15.8 Å². The van der Waals surface area contributed by atoms with E-state index >= 15 is 0 Å². The van der Waals surface area contributed by atoms with Crippen molar-refractivity contribution >= 4 is 22.2 Å². The quantitative estimate of drug-likeness (QED) is 0.657. The van der Waals surface area contributed by atoms with E-state index < -0.39 is 11.3 Å². The van der Waals surface area contributed by atoms with Crippen LogP contribution in [0, 0.1) is 11.3 Å². The molecule has 0 aliphatic rings. The molecule has 0 saturated carbocycles. The third kappa shape index (κ3) is 3.90. The molecule has 3 rings (SSSR count). The molecule has 0 fully saturated rings. The van der Waals surface area contributed by atoms with E-state index in [0.717, 1.165) is 22.1 Å². The molecule has 0 bridgehead atoms. The molecule has 8 heteroatoms. The Balaban J connectivity index is 2.14. The van der Waals surface area contributed by atoms with Gasteiger partial charge in [0.1, 0.15) is 6.07 Å². The molecule has 2 aromatic carbocycles. The second kappa shape index (κ2) is 8.14. The lowest BCUT2D eigenvalue weighted by Gasteiger charge is -2.13. The minimum atomic E-state index is -2.32. The van der Waals surface area contributed by atoms with Crippen LogP contribution in [0.2, 0.25) is 0 Å². The number of methoxy groups -OCH3 is 2. The first-order valence-electron chi connectivity index (χ1n) is 7.94. The average Bonchev–Trinajstić information content (AvgIpc) is 2.70. The van der Waals surface area contributed by atoms with Gasteiger partial charge in [-0.3, -0.25) is 9.19 Å². The Morgan fingerprint density at radius 3 is 2.44 bits per heavy atom. The van der Waals surface area contributed by atoms with Crippen molar-refractivity contribution < 1.29 is 18.2 Å². The van der Waals surface area contributed by atoms with Crippen molar-refractivity contribution in [2.75, 3.05) is 14.2 Å². The molecule has 27 heavy (non-hydrogen) atoms. The maximum absolute atomic E-state index is 10.6. The van der Waals surface area contributed by atoms with Gasteiger partial charge >= 0.3 is 0 Å². The predicted octanol–water partition coefficient (Wildman–Crippen LogP) is 2.67. The van der Waals surface area contributed by atoms with Crippen LogP contribution in [0.4, 0.5) is 0 Å². The molecule has 0 amide bonds. The van der Waals surface area contributed by atoms with Gasteiger partial charge in [-0.15, -0.1) is 0 Å². The number of nitriles is 1. The molecule has 7 nitrogen and oxygen atoms in total. The molecule has 1 N–H and O–H groups in total. The van der Waals surface area contributed by atoms with Crippen molar-refractivity contribution in [1.82, 2.24) is 9.71 Å². The molecule has 1 heterocycles. The van der Waals surface area contributed by atoms with Crippen molar-refractivity contribution in [2.24, 2.45) is 0 Å². The second-order valence-electron chi connectivity index (χ2n) is 5.64. The fraction of sp³-hybridized carbons (Fsp3) is 0.158. The van der Waals surface area contributed by atoms with E-state index in [1.54, 1.807) is 26.4 Å². The Labute approximate surface area is 159 Å². The number of nitrogens with one attached hydrogen (secondary N) is 1. The van der Waals surface area contributed by atoms with Crippen LogP contribution in [0.5, 0.6) is 11.5 Å². The summed E-state index contributed by atoms with van der Waals surface area (Å²) in [6.45, 7) is 0.198. The van der Waals surface area contributed by atoms with Crippen LogP contribution in [-0.2, 0) is 17.8 Å². The molecule has 0 aliphatic carbocycles. The van der Waals surface area contributed by atoms with Gasteiger partial charge in [-0.05, 0) is 17.2 Å². The maximum Gasteiger partial charge on any atom is 0.162 e. The number of fused-ring (bicyclic) bond motifs is 1. The number of rotatable bonds is 6. The first kappa shape index (κ1) is 18.8. The molecule has 138 valence electrons. The van der Waals surface area contributed by atoms with E-state index in [1.165, 1.54) is 6.20 Å². The highest BCUT2D eigenvalue weighted by atomic mass is 32.2. The molecule has 3 aromatic rings. The predicted molar refractivity (Wildman–Crippen MR) is 101 cm³/mol. The molecule has 0 aliphatic heterocycles. The van der Waals surface area contributed by atoms with E-state index in [4.69, 9.17) is 9.47 Å². The van der Waals surface area contributed by atoms with Crippen molar-refractivity contribution in [2.45, 2.75) is 6.54 Å². The topological polar surface area (TPSA) is 107 Å². The molecule has 0 saturated heterocycles. The standard InChI is InChI=1S/C19H17N3O4S/c1-25-17-7-15-16(8-18(17)26-2)21-11-14(9-20)19(15)13-5-3-12(4-6-13)10-22-27(23)24/h3-8,11,22H,10H2,1-2H3,(H,23,24)/p-1. The Bertz CT molecular complexity index is 1050. The SMILES string of the molecule is COc1cc2ncc(C#N)c(-c3ccc(CNS(=O)[O-])cc3)c2cc1OC. The summed E-state index contributed by atoms with van der Waals surface area (Å²) in [4.78, 5) is 4.35. The third-order valence-corrected chi connectivity index (χ3v) is 4.51. The molecular weight excluding hydrogens is 366 g/mol. The van der Waals surface area contributed by atoms with Gasteiger partial charge in [0.2, 0.25) is 0 Å². The van der Waals surface area contributed by atoms with Crippen LogP contribution in [0.1, 0.15) is 11.1 Å². The molecule has 1 unspecified atom stereocenters. The van der Waals surface area contributed by atoms with E-state index in [0.29, 0.717) is 22.6 Å². The zero-order valence-electron chi connectivity index (χ0n) is 14.7. The molecule has 1 atom stereocenters. The lowest BCUT2D eigenvalue weighted by molar-refractivity contribution is 0.356. The van der Waals surface area contributed by atoms with Crippen LogP contribution in [-0.4, -0.2) is 28.0 Å². The largest absolute Gasteiger partial charge is 0.760 e. The monoisotopic (exact) mass is 382 g/mol. The Morgan fingerprint density at radius 2 is 1.85 bits per heavy atom. The summed E-state index contributed by atoms with van der Waals surface area (Å²) >= 11 is -2.32. The maximum atomic E-state index is 10.6. The van der Waals surface area contributed by atoms with Crippen molar-refractivity contribution in [3.05, 3.63) is 53.7 Å². The highest BCUT2D eigenvalue weighted by molar-refractivity contribution is 7.77.